The van der Waals surface area contributed by atoms with Gasteiger partial charge in [-0.1, -0.05) is 30.7 Å². The Hall–Kier alpha value is -0.870. The van der Waals surface area contributed by atoms with E-state index in [0.29, 0.717) is 6.42 Å². The first-order valence-corrected chi connectivity index (χ1v) is 8.49. The van der Waals surface area contributed by atoms with Crippen LogP contribution < -0.4 is 5.32 Å². The van der Waals surface area contributed by atoms with Crippen molar-refractivity contribution in [1.29, 1.82) is 0 Å². The molecule has 19 heavy (non-hydrogen) atoms. The third kappa shape index (κ3) is 4.05. The lowest BCUT2D eigenvalue weighted by Gasteiger charge is -2.21. The topological polar surface area (TPSA) is 46.2 Å². The number of rotatable bonds is 6. The molecule has 2 atom stereocenters. The summed E-state index contributed by atoms with van der Waals surface area (Å²) in [5.74, 6) is 0.156. The minimum Gasteiger partial charge on any atom is -0.312 e. The maximum absolute atomic E-state index is 12.3. The Kier molecular flexibility index (Phi) is 5.56. The van der Waals surface area contributed by atoms with Gasteiger partial charge < -0.3 is 5.32 Å². The number of aryl methyl sites for hydroxylation is 2. The van der Waals surface area contributed by atoms with E-state index in [1.165, 1.54) is 0 Å². The fourth-order valence-corrected chi connectivity index (χ4v) is 3.76. The van der Waals surface area contributed by atoms with Crippen LogP contribution in [-0.4, -0.2) is 26.5 Å². The minimum absolute atomic E-state index is 0.140. The highest BCUT2D eigenvalue weighted by Gasteiger charge is 2.25. The molecular weight excluding hydrogens is 258 g/mol. The zero-order chi connectivity index (χ0) is 14.6. The largest absolute Gasteiger partial charge is 0.312 e. The van der Waals surface area contributed by atoms with E-state index in [4.69, 9.17) is 0 Å². The fourth-order valence-electron chi connectivity index (χ4n) is 2.11. The van der Waals surface area contributed by atoms with E-state index in [1.807, 2.05) is 33.9 Å². The minimum atomic E-state index is -3.06. The molecule has 0 aliphatic heterocycles. The molecule has 108 valence electrons. The van der Waals surface area contributed by atoms with Gasteiger partial charge in [-0.25, -0.2) is 8.42 Å². The first kappa shape index (κ1) is 16.2. The maximum atomic E-state index is 12.3. The molecule has 1 rings (SSSR count). The van der Waals surface area contributed by atoms with Gasteiger partial charge in [0.1, 0.15) is 0 Å². The summed E-state index contributed by atoms with van der Waals surface area (Å²) in [5, 5.41) is 2.86. The molecule has 0 saturated carbocycles. The van der Waals surface area contributed by atoms with Crippen LogP contribution in [0.25, 0.3) is 0 Å². The van der Waals surface area contributed by atoms with E-state index in [-0.39, 0.29) is 17.0 Å². The Morgan fingerprint density at radius 1 is 1.26 bits per heavy atom. The van der Waals surface area contributed by atoms with Crippen molar-refractivity contribution in [1.82, 2.24) is 5.32 Å². The highest BCUT2D eigenvalue weighted by atomic mass is 32.2. The average molecular weight is 283 g/mol. The molecule has 0 amide bonds. The van der Waals surface area contributed by atoms with Crippen molar-refractivity contribution < 1.29 is 8.42 Å². The second kappa shape index (κ2) is 6.53. The summed E-state index contributed by atoms with van der Waals surface area (Å²) in [6.07, 6.45) is 0.658. The SMILES string of the molecule is CCC(C)S(=O)(=O)CC(NC)c1cc(C)ccc1C. The zero-order valence-electron chi connectivity index (χ0n) is 12.5. The summed E-state index contributed by atoms with van der Waals surface area (Å²) in [5.41, 5.74) is 3.36. The number of hydrogen-bond acceptors (Lipinski definition) is 3. The van der Waals surface area contributed by atoms with Crippen LogP contribution in [0.1, 0.15) is 43.0 Å². The van der Waals surface area contributed by atoms with Crippen molar-refractivity contribution >= 4 is 9.84 Å². The van der Waals surface area contributed by atoms with Crippen LogP contribution in [0.2, 0.25) is 0 Å². The van der Waals surface area contributed by atoms with E-state index in [1.54, 1.807) is 6.92 Å². The number of sulfone groups is 1. The Balaban J connectivity index is 3.05. The fraction of sp³-hybridized carbons (Fsp3) is 0.600. The quantitative estimate of drug-likeness (QED) is 0.873. The van der Waals surface area contributed by atoms with Crippen LogP contribution >= 0.6 is 0 Å². The third-order valence-corrected chi connectivity index (χ3v) is 6.10. The van der Waals surface area contributed by atoms with Crippen molar-refractivity contribution in [2.75, 3.05) is 12.8 Å². The molecule has 0 aliphatic carbocycles. The molecule has 0 heterocycles. The summed E-state index contributed by atoms with van der Waals surface area (Å²) >= 11 is 0. The lowest BCUT2D eigenvalue weighted by molar-refractivity contribution is 0.560. The molecular formula is C15H25NO2S. The molecule has 1 aromatic rings. The first-order chi connectivity index (χ1) is 8.81. The highest BCUT2D eigenvalue weighted by molar-refractivity contribution is 7.92. The van der Waals surface area contributed by atoms with Crippen molar-refractivity contribution in [3.63, 3.8) is 0 Å². The van der Waals surface area contributed by atoms with Crippen molar-refractivity contribution in [3.8, 4) is 0 Å². The smallest absolute Gasteiger partial charge is 0.154 e. The standard InChI is InChI=1S/C15H25NO2S/c1-6-13(4)19(17,18)10-15(16-5)14-9-11(2)7-8-12(14)3/h7-9,13,15-16H,6,10H2,1-5H3. The molecule has 1 aromatic carbocycles. The molecule has 0 fully saturated rings. The monoisotopic (exact) mass is 283 g/mol. The summed E-state index contributed by atoms with van der Waals surface area (Å²) in [7, 11) is -1.24. The maximum Gasteiger partial charge on any atom is 0.154 e. The van der Waals surface area contributed by atoms with Gasteiger partial charge in [0.15, 0.2) is 9.84 Å². The van der Waals surface area contributed by atoms with Gasteiger partial charge in [-0.05, 0) is 45.4 Å². The van der Waals surface area contributed by atoms with Crippen LogP contribution in [0.4, 0.5) is 0 Å². The van der Waals surface area contributed by atoms with Gasteiger partial charge in [-0.2, -0.15) is 0 Å². The Morgan fingerprint density at radius 3 is 2.42 bits per heavy atom. The summed E-state index contributed by atoms with van der Waals surface area (Å²) < 4.78 is 24.5. The average Bonchev–Trinajstić information content (AvgIpc) is 2.38. The second-order valence-electron chi connectivity index (χ2n) is 5.25. The third-order valence-electron chi connectivity index (χ3n) is 3.75. The van der Waals surface area contributed by atoms with Crippen LogP contribution in [0, 0.1) is 13.8 Å². The van der Waals surface area contributed by atoms with Gasteiger partial charge in [0.2, 0.25) is 0 Å². The predicted octanol–water partition coefficient (Wildman–Crippen LogP) is 2.78. The molecule has 1 N–H and O–H groups in total. The molecule has 4 heteroatoms. The number of hydrogen-bond donors (Lipinski definition) is 1. The molecule has 0 radical (unpaired) electrons. The van der Waals surface area contributed by atoms with Crippen LogP contribution in [-0.2, 0) is 9.84 Å². The number of nitrogens with one attached hydrogen (secondary N) is 1. The van der Waals surface area contributed by atoms with E-state index in [9.17, 15) is 8.42 Å². The van der Waals surface area contributed by atoms with Gasteiger partial charge >= 0.3 is 0 Å². The van der Waals surface area contributed by atoms with E-state index >= 15 is 0 Å². The predicted molar refractivity (Wildman–Crippen MR) is 81.3 cm³/mol. The summed E-state index contributed by atoms with van der Waals surface area (Å²) in [6, 6.07) is 6.03. The van der Waals surface area contributed by atoms with E-state index < -0.39 is 9.84 Å². The first-order valence-electron chi connectivity index (χ1n) is 6.77. The Morgan fingerprint density at radius 2 is 1.89 bits per heavy atom. The van der Waals surface area contributed by atoms with Crippen LogP contribution in [0.15, 0.2) is 18.2 Å². The van der Waals surface area contributed by atoms with Gasteiger partial charge in [0.05, 0.1) is 11.0 Å². The van der Waals surface area contributed by atoms with Gasteiger partial charge in [-0.3, -0.25) is 0 Å². The molecule has 0 aliphatic rings. The lowest BCUT2D eigenvalue weighted by Crippen LogP contribution is -2.30. The zero-order valence-corrected chi connectivity index (χ0v) is 13.3. The second-order valence-corrected chi connectivity index (χ2v) is 7.71. The molecule has 2 unspecified atom stereocenters. The van der Waals surface area contributed by atoms with E-state index in [2.05, 4.69) is 17.4 Å². The lowest BCUT2D eigenvalue weighted by atomic mass is 10.0. The van der Waals surface area contributed by atoms with Crippen molar-refractivity contribution in [3.05, 3.63) is 34.9 Å². The Labute approximate surface area is 117 Å². The van der Waals surface area contributed by atoms with Gasteiger partial charge in [0, 0.05) is 6.04 Å². The molecule has 0 aromatic heterocycles. The van der Waals surface area contributed by atoms with Crippen molar-refractivity contribution in [2.45, 2.75) is 45.4 Å². The van der Waals surface area contributed by atoms with Gasteiger partial charge in [0.25, 0.3) is 0 Å². The molecule has 0 spiro atoms. The number of benzene rings is 1. The van der Waals surface area contributed by atoms with E-state index in [0.717, 1.165) is 16.7 Å². The molecule has 0 bridgehead atoms. The summed E-state index contributed by atoms with van der Waals surface area (Å²) in [4.78, 5) is 0. The van der Waals surface area contributed by atoms with Crippen LogP contribution in [0.5, 0.6) is 0 Å². The Bertz CT molecular complexity index is 523. The normalized spacial score (nSPS) is 15.2. The molecule has 0 saturated heterocycles. The molecule has 3 nitrogen and oxygen atoms in total. The van der Waals surface area contributed by atoms with Crippen LogP contribution in [0.3, 0.4) is 0 Å². The van der Waals surface area contributed by atoms with Gasteiger partial charge in [-0.15, -0.1) is 0 Å². The van der Waals surface area contributed by atoms with Crippen molar-refractivity contribution in [2.24, 2.45) is 0 Å². The highest BCUT2D eigenvalue weighted by Crippen LogP contribution is 2.22. The summed E-state index contributed by atoms with van der Waals surface area (Å²) in [6.45, 7) is 7.74.